The van der Waals surface area contributed by atoms with Gasteiger partial charge in [0.2, 0.25) is 0 Å². The number of hydrogen-bond acceptors (Lipinski definition) is 2. The third-order valence-corrected chi connectivity index (χ3v) is 3.20. The van der Waals surface area contributed by atoms with Crippen LogP contribution < -0.4 is 0 Å². The molecular formula is C17H20N2. The summed E-state index contributed by atoms with van der Waals surface area (Å²) >= 11 is 0. The maximum absolute atomic E-state index is 4.36. The highest BCUT2D eigenvalue weighted by Crippen LogP contribution is 2.26. The molecule has 0 amide bonds. The van der Waals surface area contributed by atoms with E-state index in [0.29, 0.717) is 0 Å². The van der Waals surface area contributed by atoms with Gasteiger partial charge in [-0.3, -0.25) is 0 Å². The Morgan fingerprint density at radius 1 is 0.895 bits per heavy atom. The van der Waals surface area contributed by atoms with Crippen molar-refractivity contribution in [3.05, 3.63) is 59.2 Å². The molecule has 2 aromatic carbocycles. The van der Waals surface area contributed by atoms with E-state index in [-0.39, 0.29) is 0 Å². The average molecular weight is 252 g/mol. The van der Waals surface area contributed by atoms with Crippen molar-refractivity contribution in [1.82, 2.24) is 0 Å². The van der Waals surface area contributed by atoms with Crippen LogP contribution in [-0.4, -0.2) is 0 Å². The molecule has 0 saturated heterocycles. The smallest absolute Gasteiger partial charge is 0.0889 e. The Bertz CT molecular complexity index is 571. The van der Waals surface area contributed by atoms with Gasteiger partial charge in [-0.15, -0.1) is 0 Å². The van der Waals surface area contributed by atoms with Crippen LogP contribution >= 0.6 is 0 Å². The summed E-state index contributed by atoms with van der Waals surface area (Å²) in [6.07, 6.45) is 2.30. The van der Waals surface area contributed by atoms with E-state index in [9.17, 15) is 0 Å². The van der Waals surface area contributed by atoms with Crippen molar-refractivity contribution in [3.8, 4) is 0 Å². The fraction of sp³-hybridized carbons (Fsp3) is 0.294. The molecule has 0 N–H and O–H groups in total. The van der Waals surface area contributed by atoms with Crippen LogP contribution in [0.4, 0.5) is 11.4 Å². The van der Waals surface area contributed by atoms with Gasteiger partial charge in [0.15, 0.2) is 0 Å². The van der Waals surface area contributed by atoms with Gasteiger partial charge in [0.1, 0.15) is 0 Å². The molecule has 0 aliphatic carbocycles. The van der Waals surface area contributed by atoms with Crippen molar-refractivity contribution in [2.75, 3.05) is 0 Å². The summed E-state index contributed by atoms with van der Waals surface area (Å²) in [6, 6.07) is 14.2. The summed E-state index contributed by atoms with van der Waals surface area (Å²) in [5, 5.41) is 8.64. The van der Waals surface area contributed by atoms with Crippen LogP contribution in [0.25, 0.3) is 0 Å². The Kier molecular flexibility index (Phi) is 4.45. The van der Waals surface area contributed by atoms with Gasteiger partial charge in [0.05, 0.1) is 11.4 Å². The van der Waals surface area contributed by atoms with E-state index in [1.54, 1.807) is 0 Å². The van der Waals surface area contributed by atoms with Crippen molar-refractivity contribution < 1.29 is 0 Å². The Hall–Kier alpha value is -1.96. The first kappa shape index (κ1) is 13.5. The minimum Gasteiger partial charge on any atom is -0.151 e. The predicted molar refractivity (Wildman–Crippen MR) is 80.5 cm³/mol. The minimum atomic E-state index is 0.886. The number of nitrogens with zero attached hydrogens (tertiary/aromatic N) is 2. The molecule has 0 heterocycles. The van der Waals surface area contributed by atoms with E-state index in [1.807, 2.05) is 30.3 Å². The van der Waals surface area contributed by atoms with Crippen molar-refractivity contribution in [3.63, 3.8) is 0 Å². The molecule has 0 aliphatic rings. The lowest BCUT2D eigenvalue weighted by Gasteiger charge is -2.08. The fourth-order valence-corrected chi connectivity index (χ4v) is 2.11. The lowest BCUT2D eigenvalue weighted by atomic mass is 10.0. The summed E-state index contributed by atoms with van der Waals surface area (Å²) in [7, 11) is 0. The molecule has 0 atom stereocenters. The van der Waals surface area contributed by atoms with Crippen molar-refractivity contribution >= 4 is 11.4 Å². The van der Waals surface area contributed by atoms with Gasteiger partial charge in [-0.2, -0.15) is 10.2 Å². The Morgan fingerprint density at radius 3 is 2.32 bits per heavy atom. The maximum Gasteiger partial charge on any atom is 0.0889 e. The third-order valence-electron chi connectivity index (χ3n) is 3.20. The lowest BCUT2D eigenvalue weighted by molar-refractivity contribution is 0.910. The average Bonchev–Trinajstić information content (AvgIpc) is 2.42. The largest absolute Gasteiger partial charge is 0.151 e. The van der Waals surface area contributed by atoms with Crippen LogP contribution in [0.1, 0.15) is 30.0 Å². The maximum atomic E-state index is 4.36. The van der Waals surface area contributed by atoms with Gasteiger partial charge in [0, 0.05) is 0 Å². The minimum absolute atomic E-state index is 0.886. The molecule has 2 heteroatoms. The van der Waals surface area contributed by atoms with Crippen LogP contribution in [0.2, 0.25) is 0 Å². The second kappa shape index (κ2) is 6.28. The van der Waals surface area contributed by atoms with E-state index in [2.05, 4.69) is 43.1 Å². The zero-order valence-corrected chi connectivity index (χ0v) is 11.9. The third kappa shape index (κ3) is 3.50. The first-order valence-corrected chi connectivity index (χ1v) is 6.77. The SMILES string of the molecule is CCCc1cc(C)c(N=Nc2ccccc2)cc1C. The molecule has 0 aromatic heterocycles. The van der Waals surface area contributed by atoms with Crippen LogP contribution in [-0.2, 0) is 6.42 Å². The molecule has 19 heavy (non-hydrogen) atoms. The molecule has 98 valence electrons. The predicted octanol–water partition coefficient (Wildman–Crippen LogP) is 5.67. The topological polar surface area (TPSA) is 24.7 Å². The fourth-order valence-electron chi connectivity index (χ4n) is 2.11. The number of rotatable bonds is 4. The van der Waals surface area contributed by atoms with Crippen LogP contribution in [0.5, 0.6) is 0 Å². The van der Waals surface area contributed by atoms with Gasteiger partial charge in [-0.1, -0.05) is 37.6 Å². The number of benzene rings is 2. The molecule has 0 fully saturated rings. The number of aryl methyl sites for hydroxylation is 3. The van der Waals surface area contributed by atoms with Crippen LogP contribution in [0.3, 0.4) is 0 Å². The molecule has 0 aliphatic heterocycles. The van der Waals surface area contributed by atoms with Crippen LogP contribution in [0.15, 0.2) is 52.7 Å². The monoisotopic (exact) mass is 252 g/mol. The standard InChI is InChI=1S/C17H20N2/c1-4-8-15-11-14(3)17(12-13(15)2)19-18-16-9-6-5-7-10-16/h5-7,9-12H,4,8H2,1-3H3. The Labute approximate surface area is 115 Å². The highest BCUT2D eigenvalue weighted by Gasteiger charge is 2.03. The second-order valence-corrected chi connectivity index (χ2v) is 4.85. The molecule has 0 bridgehead atoms. The first-order valence-electron chi connectivity index (χ1n) is 6.77. The van der Waals surface area contributed by atoms with E-state index < -0.39 is 0 Å². The summed E-state index contributed by atoms with van der Waals surface area (Å²) in [4.78, 5) is 0. The van der Waals surface area contributed by atoms with Crippen molar-refractivity contribution in [2.24, 2.45) is 10.2 Å². The zero-order valence-electron chi connectivity index (χ0n) is 11.9. The molecule has 2 aromatic rings. The second-order valence-electron chi connectivity index (χ2n) is 4.85. The molecule has 0 saturated carbocycles. The van der Waals surface area contributed by atoms with E-state index in [1.165, 1.54) is 23.1 Å². The Morgan fingerprint density at radius 2 is 1.63 bits per heavy atom. The normalized spacial score (nSPS) is 11.1. The summed E-state index contributed by atoms with van der Waals surface area (Å²) < 4.78 is 0. The lowest BCUT2D eigenvalue weighted by Crippen LogP contribution is -1.90. The molecule has 2 rings (SSSR count). The highest BCUT2D eigenvalue weighted by molar-refractivity contribution is 5.51. The van der Waals surface area contributed by atoms with Crippen LogP contribution in [0, 0.1) is 13.8 Å². The van der Waals surface area contributed by atoms with Gasteiger partial charge in [-0.05, 0) is 55.2 Å². The van der Waals surface area contributed by atoms with Gasteiger partial charge < -0.3 is 0 Å². The van der Waals surface area contributed by atoms with E-state index in [0.717, 1.165) is 17.8 Å². The summed E-state index contributed by atoms with van der Waals surface area (Å²) in [6.45, 7) is 6.45. The first-order chi connectivity index (χ1) is 9.20. The zero-order chi connectivity index (χ0) is 13.7. The molecule has 2 nitrogen and oxygen atoms in total. The van der Waals surface area contributed by atoms with Gasteiger partial charge >= 0.3 is 0 Å². The quantitative estimate of drug-likeness (QED) is 0.626. The molecule has 0 unspecified atom stereocenters. The molecule has 0 spiro atoms. The van der Waals surface area contributed by atoms with E-state index in [4.69, 9.17) is 0 Å². The van der Waals surface area contributed by atoms with E-state index >= 15 is 0 Å². The van der Waals surface area contributed by atoms with Crippen molar-refractivity contribution in [2.45, 2.75) is 33.6 Å². The van der Waals surface area contributed by atoms with Gasteiger partial charge in [0.25, 0.3) is 0 Å². The molecular weight excluding hydrogens is 232 g/mol. The van der Waals surface area contributed by atoms with Crippen molar-refractivity contribution in [1.29, 1.82) is 0 Å². The number of hydrogen-bond donors (Lipinski definition) is 0. The summed E-state index contributed by atoms with van der Waals surface area (Å²) in [5.41, 5.74) is 5.75. The summed E-state index contributed by atoms with van der Waals surface area (Å²) in [5.74, 6) is 0. The number of azo groups is 1. The van der Waals surface area contributed by atoms with Gasteiger partial charge in [-0.25, -0.2) is 0 Å². The molecule has 0 radical (unpaired) electrons. The highest BCUT2D eigenvalue weighted by atomic mass is 15.1. The Balaban J connectivity index is 2.26.